The van der Waals surface area contributed by atoms with Gasteiger partial charge in [0.15, 0.2) is 0 Å². The first kappa shape index (κ1) is 11.4. The largest absolute Gasteiger partial charge is 0.333 e. The molecule has 6 heteroatoms. The molecule has 0 aliphatic carbocycles. The molecule has 0 amide bonds. The number of fused-ring (bicyclic) bond motifs is 1. The van der Waals surface area contributed by atoms with Crippen molar-refractivity contribution < 1.29 is 0 Å². The monoisotopic (exact) mass is 322 g/mol. The third kappa shape index (κ3) is 1.74. The van der Waals surface area contributed by atoms with Crippen molar-refractivity contribution in [3.8, 4) is 5.69 Å². The number of rotatable bonds is 1. The van der Waals surface area contributed by atoms with Gasteiger partial charge in [-0.2, -0.15) is 0 Å². The predicted octanol–water partition coefficient (Wildman–Crippen LogP) is 2.50. The summed E-state index contributed by atoms with van der Waals surface area (Å²) in [6.45, 7) is 0. The average Bonchev–Trinajstić information content (AvgIpc) is 2.77. The number of hydrogen-bond donors (Lipinski definition) is 1. The van der Waals surface area contributed by atoms with Crippen molar-refractivity contribution in [2.24, 2.45) is 0 Å². The van der Waals surface area contributed by atoms with E-state index in [0.717, 1.165) is 9.04 Å². The maximum absolute atomic E-state index is 12.3. The molecule has 1 N–H and O–H groups in total. The molecule has 4 nitrogen and oxygen atoms in total. The lowest BCUT2D eigenvalue weighted by Crippen LogP contribution is -2.32. The second-order valence-corrected chi connectivity index (χ2v) is 5.55. The molecule has 0 fully saturated rings. The van der Waals surface area contributed by atoms with Gasteiger partial charge in [-0.1, -0.05) is 22.0 Å². The Bertz CT molecular complexity index is 847. The van der Waals surface area contributed by atoms with Crippen LogP contribution in [0.1, 0.15) is 0 Å². The molecule has 0 aliphatic rings. The van der Waals surface area contributed by atoms with E-state index in [-0.39, 0.29) is 5.56 Å². The van der Waals surface area contributed by atoms with Crippen LogP contribution in [-0.2, 0) is 0 Å². The summed E-state index contributed by atoms with van der Waals surface area (Å²) in [5.74, 6) is 0. The molecule has 2 aromatic heterocycles. The molecule has 0 saturated carbocycles. The highest BCUT2D eigenvalue weighted by atomic mass is 79.9. The van der Waals surface area contributed by atoms with Crippen molar-refractivity contribution in [3.05, 3.63) is 61.0 Å². The first-order valence-electron chi connectivity index (χ1n) is 5.15. The lowest BCUT2D eigenvalue weighted by Gasteiger charge is -2.04. The summed E-state index contributed by atoms with van der Waals surface area (Å²) in [6, 6.07) is 8.81. The highest BCUT2D eigenvalue weighted by Gasteiger charge is 2.10. The van der Waals surface area contributed by atoms with Crippen LogP contribution in [0.3, 0.4) is 0 Å². The molecule has 90 valence electrons. The van der Waals surface area contributed by atoms with Crippen LogP contribution in [0.5, 0.6) is 0 Å². The summed E-state index contributed by atoms with van der Waals surface area (Å²) in [7, 11) is 0. The van der Waals surface area contributed by atoms with Crippen LogP contribution in [-0.4, -0.2) is 9.55 Å². The summed E-state index contributed by atoms with van der Waals surface area (Å²) in [5.41, 5.74) is 0.415. The molecule has 2 heterocycles. The molecule has 0 atom stereocenters. The standard InChI is InChI=1S/C12H7BrN2O2S/c13-7-2-1-3-8(6-7)15-11(16)10-9(4-5-18-10)14-12(15)17/h1-6H,(H,14,17). The predicted molar refractivity (Wildman–Crippen MR) is 75.7 cm³/mol. The summed E-state index contributed by atoms with van der Waals surface area (Å²) >= 11 is 4.65. The number of halogens is 1. The van der Waals surface area contributed by atoms with E-state index in [1.165, 1.54) is 11.3 Å². The van der Waals surface area contributed by atoms with Crippen molar-refractivity contribution in [1.82, 2.24) is 9.55 Å². The Morgan fingerprint density at radius 2 is 2.06 bits per heavy atom. The van der Waals surface area contributed by atoms with Gasteiger partial charge in [0, 0.05) is 4.47 Å². The van der Waals surface area contributed by atoms with Gasteiger partial charge in [-0.05, 0) is 29.6 Å². The molecule has 3 rings (SSSR count). The minimum Gasteiger partial charge on any atom is -0.306 e. The Morgan fingerprint density at radius 1 is 1.22 bits per heavy atom. The van der Waals surface area contributed by atoms with Gasteiger partial charge in [0.05, 0.1) is 11.2 Å². The maximum Gasteiger partial charge on any atom is 0.333 e. The van der Waals surface area contributed by atoms with E-state index in [2.05, 4.69) is 20.9 Å². The Balaban J connectivity index is 2.42. The van der Waals surface area contributed by atoms with Crippen LogP contribution in [0, 0.1) is 0 Å². The van der Waals surface area contributed by atoms with Gasteiger partial charge < -0.3 is 4.98 Å². The van der Waals surface area contributed by atoms with Crippen LogP contribution < -0.4 is 11.2 Å². The molecule has 0 aliphatic heterocycles. The second-order valence-electron chi connectivity index (χ2n) is 3.71. The van der Waals surface area contributed by atoms with E-state index < -0.39 is 5.69 Å². The Morgan fingerprint density at radius 3 is 2.83 bits per heavy atom. The summed E-state index contributed by atoms with van der Waals surface area (Å²) in [6.07, 6.45) is 0. The number of hydrogen-bond acceptors (Lipinski definition) is 3. The molecule has 1 aromatic carbocycles. The van der Waals surface area contributed by atoms with Gasteiger partial charge in [-0.25, -0.2) is 9.36 Å². The number of nitrogens with one attached hydrogen (secondary N) is 1. The van der Waals surface area contributed by atoms with Gasteiger partial charge in [0.25, 0.3) is 5.56 Å². The van der Waals surface area contributed by atoms with E-state index in [4.69, 9.17) is 0 Å². The molecule has 0 radical (unpaired) electrons. The fraction of sp³-hybridized carbons (Fsp3) is 0. The summed E-state index contributed by atoms with van der Waals surface area (Å²) in [4.78, 5) is 26.9. The molecular weight excluding hydrogens is 316 g/mol. The van der Waals surface area contributed by atoms with Crippen LogP contribution in [0.4, 0.5) is 0 Å². The average molecular weight is 323 g/mol. The van der Waals surface area contributed by atoms with Gasteiger partial charge in [0.1, 0.15) is 4.70 Å². The van der Waals surface area contributed by atoms with Crippen molar-refractivity contribution in [2.45, 2.75) is 0 Å². The van der Waals surface area contributed by atoms with E-state index in [0.29, 0.717) is 15.9 Å². The van der Waals surface area contributed by atoms with E-state index in [1.54, 1.807) is 29.6 Å². The zero-order valence-corrected chi connectivity index (χ0v) is 11.4. The van der Waals surface area contributed by atoms with Crippen LogP contribution in [0.25, 0.3) is 15.9 Å². The maximum atomic E-state index is 12.3. The molecular formula is C12H7BrN2O2S. The van der Waals surface area contributed by atoms with Gasteiger partial charge >= 0.3 is 5.69 Å². The Kier molecular flexibility index (Phi) is 2.68. The lowest BCUT2D eigenvalue weighted by molar-refractivity contribution is 0.904. The second kappa shape index (κ2) is 4.22. The topological polar surface area (TPSA) is 54.9 Å². The third-order valence-corrected chi connectivity index (χ3v) is 3.97. The number of thiophene rings is 1. The van der Waals surface area contributed by atoms with Crippen molar-refractivity contribution in [2.75, 3.05) is 0 Å². The van der Waals surface area contributed by atoms with E-state index in [9.17, 15) is 9.59 Å². The van der Waals surface area contributed by atoms with Crippen molar-refractivity contribution in [1.29, 1.82) is 0 Å². The summed E-state index contributed by atoms with van der Waals surface area (Å²) < 4.78 is 2.51. The molecule has 18 heavy (non-hydrogen) atoms. The third-order valence-electron chi connectivity index (χ3n) is 2.57. The number of aromatic nitrogens is 2. The van der Waals surface area contributed by atoms with Gasteiger partial charge in [-0.3, -0.25) is 4.79 Å². The minimum absolute atomic E-state index is 0.290. The number of H-pyrrole nitrogens is 1. The van der Waals surface area contributed by atoms with E-state index >= 15 is 0 Å². The molecule has 0 saturated heterocycles. The van der Waals surface area contributed by atoms with Gasteiger partial charge in [-0.15, -0.1) is 11.3 Å². The van der Waals surface area contributed by atoms with E-state index in [1.807, 2.05) is 6.07 Å². The van der Waals surface area contributed by atoms with Crippen LogP contribution >= 0.6 is 27.3 Å². The van der Waals surface area contributed by atoms with Crippen molar-refractivity contribution >= 4 is 37.5 Å². The zero-order valence-electron chi connectivity index (χ0n) is 9.01. The fourth-order valence-electron chi connectivity index (χ4n) is 1.79. The first-order chi connectivity index (χ1) is 8.66. The van der Waals surface area contributed by atoms with Crippen LogP contribution in [0.2, 0.25) is 0 Å². The Hall–Kier alpha value is -1.66. The number of aromatic amines is 1. The molecule has 0 spiro atoms. The molecule has 3 aromatic rings. The molecule has 0 bridgehead atoms. The smallest absolute Gasteiger partial charge is 0.306 e. The number of benzene rings is 1. The quantitative estimate of drug-likeness (QED) is 0.748. The number of nitrogens with zero attached hydrogens (tertiary/aromatic N) is 1. The lowest BCUT2D eigenvalue weighted by atomic mass is 10.3. The normalized spacial score (nSPS) is 10.9. The zero-order chi connectivity index (χ0) is 12.7. The first-order valence-corrected chi connectivity index (χ1v) is 6.82. The van der Waals surface area contributed by atoms with Crippen molar-refractivity contribution in [3.63, 3.8) is 0 Å². The van der Waals surface area contributed by atoms with Gasteiger partial charge in [0.2, 0.25) is 0 Å². The highest BCUT2D eigenvalue weighted by Crippen LogP contribution is 2.15. The highest BCUT2D eigenvalue weighted by molar-refractivity contribution is 9.10. The summed E-state index contributed by atoms with van der Waals surface area (Å²) in [5, 5.41) is 1.78. The fourth-order valence-corrected chi connectivity index (χ4v) is 2.95. The molecule has 0 unspecified atom stereocenters. The Labute approximate surface area is 114 Å². The van der Waals surface area contributed by atoms with Crippen LogP contribution in [0.15, 0.2) is 49.8 Å². The SMILES string of the molecule is O=c1[nH]c2ccsc2c(=O)n1-c1cccc(Br)c1. The minimum atomic E-state index is -0.427.